The van der Waals surface area contributed by atoms with Crippen LogP contribution < -0.4 is 5.32 Å². The molecule has 1 N–H and O–H groups in total. The van der Waals surface area contributed by atoms with Crippen molar-refractivity contribution in [3.63, 3.8) is 0 Å². The van der Waals surface area contributed by atoms with Gasteiger partial charge in [0.05, 0.1) is 11.7 Å². The predicted octanol–water partition coefficient (Wildman–Crippen LogP) is 2.74. The van der Waals surface area contributed by atoms with Crippen LogP contribution in [0.15, 0.2) is 0 Å². The number of hydrogen-bond acceptors (Lipinski definition) is 3. The Bertz CT molecular complexity index is 200. The van der Waals surface area contributed by atoms with E-state index in [9.17, 15) is 0 Å². The number of hydrogen-bond donors (Lipinski definition) is 1. The highest BCUT2D eigenvalue weighted by Gasteiger charge is 2.28. The lowest BCUT2D eigenvalue weighted by Gasteiger charge is -2.34. The van der Waals surface area contributed by atoms with Crippen molar-refractivity contribution < 1.29 is 9.47 Å². The standard InChI is InChI=1S/C14H29NO2/c1-5-17-14(2,3)13(15-4)10-6-8-12-9-7-11-16-12/h12-13,15H,5-11H2,1-4H3. The summed E-state index contributed by atoms with van der Waals surface area (Å²) in [7, 11) is 2.03. The van der Waals surface area contributed by atoms with Gasteiger partial charge in [-0.3, -0.25) is 0 Å². The van der Waals surface area contributed by atoms with E-state index in [2.05, 4.69) is 26.1 Å². The lowest BCUT2D eigenvalue weighted by Crippen LogP contribution is -2.47. The zero-order valence-electron chi connectivity index (χ0n) is 11.9. The Morgan fingerprint density at radius 2 is 2.24 bits per heavy atom. The van der Waals surface area contributed by atoms with Gasteiger partial charge >= 0.3 is 0 Å². The third kappa shape index (κ3) is 4.94. The van der Waals surface area contributed by atoms with Crippen molar-refractivity contribution in [1.29, 1.82) is 0 Å². The second-order valence-corrected chi connectivity index (χ2v) is 5.44. The van der Waals surface area contributed by atoms with Gasteiger partial charge in [0.1, 0.15) is 0 Å². The molecule has 0 aromatic rings. The molecule has 1 rings (SSSR count). The van der Waals surface area contributed by atoms with Crippen LogP contribution in [-0.2, 0) is 9.47 Å². The van der Waals surface area contributed by atoms with E-state index in [1.165, 1.54) is 25.7 Å². The number of ether oxygens (including phenoxy) is 2. The highest BCUT2D eigenvalue weighted by molar-refractivity contribution is 4.85. The van der Waals surface area contributed by atoms with E-state index >= 15 is 0 Å². The molecule has 0 saturated carbocycles. The zero-order chi connectivity index (χ0) is 12.7. The van der Waals surface area contributed by atoms with Gasteiger partial charge in [-0.2, -0.15) is 0 Å². The van der Waals surface area contributed by atoms with Crippen LogP contribution >= 0.6 is 0 Å². The highest BCUT2D eigenvalue weighted by Crippen LogP contribution is 2.22. The fraction of sp³-hybridized carbons (Fsp3) is 1.00. The molecule has 0 spiro atoms. The van der Waals surface area contributed by atoms with Crippen LogP contribution in [0.4, 0.5) is 0 Å². The number of nitrogens with one attached hydrogen (secondary N) is 1. The van der Waals surface area contributed by atoms with Crippen LogP contribution in [0, 0.1) is 0 Å². The summed E-state index contributed by atoms with van der Waals surface area (Å²) < 4.78 is 11.5. The molecule has 1 heterocycles. The van der Waals surface area contributed by atoms with Gasteiger partial charge in [-0.1, -0.05) is 0 Å². The summed E-state index contributed by atoms with van der Waals surface area (Å²) in [6.45, 7) is 8.13. The molecule has 3 nitrogen and oxygen atoms in total. The fourth-order valence-corrected chi connectivity index (χ4v) is 2.73. The Labute approximate surface area is 106 Å². The van der Waals surface area contributed by atoms with Crippen LogP contribution in [0.5, 0.6) is 0 Å². The summed E-state index contributed by atoms with van der Waals surface area (Å²) in [6, 6.07) is 0.420. The minimum atomic E-state index is -0.0833. The first-order valence-electron chi connectivity index (χ1n) is 7.03. The van der Waals surface area contributed by atoms with Gasteiger partial charge in [-0.25, -0.2) is 0 Å². The van der Waals surface area contributed by atoms with Gasteiger partial charge in [0, 0.05) is 19.3 Å². The molecule has 2 unspecified atom stereocenters. The molecular formula is C14H29NO2. The molecule has 102 valence electrons. The Kier molecular flexibility index (Phi) is 6.45. The molecule has 3 heteroatoms. The first kappa shape index (κ1) is 14.9. The molecule has 1 aliphatic heterocycles. The lowest BCUT2D eigenvalue weighted by atomic mass is 9.93. The van der Waals surface area contributed by atoms with E-state index < -0.39 is 0 Å². The smallest absolute Gasteiger partial charge is 0.0778 e. The minimum Gasteiger partial charge on any atom is -0.378 e. The summed E-state index contributed by atoms with van der Waals surface area (Å²) in [5.41, 5.74) is -0.0833. The maximum absolute atomic E-state index is 5.81. The fourth-order valence-electron chi connectivity index (χ4n) is 2.73. The third-order valence-corrected chi connectivity index (χ3v) is 3.75. The van der Waals surface area contributed by atoms with Crippen molar-refractivity contribution in [2.45, 2.75) is 70.6 Å². The average molecular weight is 243 g/mol. The van der Waals surface area contributed by atoms with E-state index in [4.69, 9.17) is 9.47 Å². The minimum absolute atomic E-state index is 0.0833. The van der Waals surface area contributed by atoms with Gasteiger partial charge < -0.3 is 14.8 Å². The van der Waals surface area contributed by atoms with E-state index in [1.54, 1.807) is 0 Å². The Morgan fingerprint density at radius 3 is 2.76 bits per heavy atom. The van der Waals surface area contributed by atoms with Crippen LogP contribution in [-0.4, -0.2) is 38.0 Å². The maximum atomic E-state index is 5.81. The molecule has 0 aliphatic carbocycles. The molecule has 0 radical (unpaired) electrons. The van der Waals surface area contributed by atoms with Gasteiger partial charge in [-0.15, -0.1) is 0 Å². The Morgan fingerprint density at radius 1 is 1.47 bits per heavy atom. The van der Waals surface area contributed by atoms with E-state index in [0.29, 0.717) is 12.1 Å². The first-order chi connectivity index (χ1) is 8.10. The predicted molar refractivity (Wildman–Crippen MR) is 71.4 cm³/mol. The quantitative estimate of drug-likeness (QED) is 0.711. The Hall–Kier alpha value is -0.120. The summed E-state index contributed by atoms with van der Waals surface area (Å²) in [4.78, 5) is 0. The average Bonchev–Trinajstić information content (AvgIpc) is 2.76. The second-order valence-electron chi connectivity index (χ2n) is 5.44. The van der Waals surface area contributed by atoms with Crippen molar-refractivity contribution in [3.05, 3.63) is 0 Å². The van der Waals surface area contributed by atoms with E-state index in [1.807, 2.05) is 7.05 Å². The SMILES string of the molecule is CCOC(C)(C)C(CCCC1CCCO1)NC. The molecule has 0 bridgehead atoms. The van der Waals surface area contributed by atoms with Crippen molar-refractivity contribution in [1.82, 2.24) is 5.32 Å². The molecule has 0 aromatic heterocycles. The first-order valence-corrected chi connectivity index (χ1v) is 7.03. The maximum Gasteiger partial charge on any atom is 0.0778 e. The van der Waals surface area contributed by atoms with Crippen molar-refractivity contribution >= 4 is 0 Å². The van der Waals surface area contributed by atoms with E-state index in [0.717, 1.165) is 19.6 Å². The molecule has 0 aromatic carbocycles. The van der Waals surface area contributed by atoms with E-state index in [-0.39, 0.29) is 5.60 Å². The van der Waals surface area contributed by atoms with Crippen molar-refractivity contribution in [2.75, 3.05) is 20.3 Å². The largest absolute Gasteiger partial charge is 0.378 e. The molecule has 0 amide bonds. The summed E-state index contributed by atoms with van der Waals surface area (Å²) in [6.07, 6.45) is 6.57. The zero-order valence-corrected chi connectivity index (χ0v) is 11.9. The van der Waals surface area contributed by atoms with Crippen molar-refractivity contribution in [3.8, 4) is 0 Å². The molecule has 1 saturated heterocycles. The molecule has 1 aliphatic rings. The van der Waals surface area contributed by atoms with Gasteiger partial charge in [0.15, 0.2) is 0 Å². The third-order valence-electron chi connectivity index (χ3n) is 3.75. The lowest BCUT2D eigenvalue weighted by molar-refractivity contribution is -0.0395. The Balaban J connectivity index is 2.25. The molecule has 17 heavy (non-hydrogen) atoms. The summed E-state index contributed by atoms with van der Waals surface area (Å²) in [5.74, 6) is 0. The van der Waals surface area contributed by atoms with Gasteiger partial charge in [-0.05, 0) is 59.9 Å². The van der Waals surface area contributed by atoms with Crippen LogP contribution in [0.25, 0.3) is 0 Å². The van der Waals surface area contributed by atoms with Gasteiger partial charge in [0.2, 0.25) is 0 Å². The molecular weight excluding hydrogens is 214 g/mol. The van der Waals surface area contributed by atoms with Crippen LogP contribution in [0.1, 0.15) is 52.9 Å². The van der Waals surface area contributed by atoms with Crippen LogP contribution in [0.2, 0.25) is 0 Å². The second kappa shape index (κ2) is 7.34. The molecule has 2 atom stereocenters. The number of rotatable bonds is 8. The topological polar surface area (TPSA) is 30.5 Å². The van der Waals surface area contributed by atoms with Crippen molar-refractivity contribution in [2.24, 2.45) is 0 Å². The van der Waals surface area contributed by atoms with Gasteiger partial charge in [0.25, 0.3) is 0 Å². The number of likely N-dealkylation sites (N-methyl/N-ethyl adjacent to an activating group) is 1. The monoisotopic (exact) mass is 243 g/mol. The summed E-state index contributed by atoms with van der Waals surface area (Å²) >= 11 is 0. The summed E-state index contributed by atoms with van der Waals surface area (Å²) in [5, 5.41) is 3.39. The highest BCUT2D eigenvalue weighted by atomic mass is 16.5. The molecule has 1 fully saturated rings. The van der Waals surface area contributed by atoms with Crippen LogP contribution in [0.3, 0.4) is 0 Å². The normalized spacial score (nSPS) is 22.9.